The third kappa shape index (κ3) is 5.49. The molecular weight excluding hydrogens is 443 g/mol. The summed E-state index contributed by atoms with van der Waals surface area (Å²) in [6.45, 7) is 0.209. The zero-order chi connectivity index (χ0) is 23.1. The van der Waals surface area contributed by atoms with E-state index in [1.807, 2.05) is 0 Å². The van der Waals surface area contributed by atoms with Crippen LogP contribution in [0.4, 0.5) is 4.39 Å². The van der Waals surface area contributed by atoms with Crippen LogP contribution in [0.5, 0.6) is 11.5 Å². The van der Waals surface area contributed by atoms with E-state index in [9.17, 15) is 23.4 Å². The molecule has 1 aliphatic rings. The molecule has 172 valence electrons. The number of nitrogens with zero attached hydrogens (tertiary/aromatic N) is 1. The fourth-order valence-corrected chi connectivity index (χ4v) is 4.91. The molecule has 0 bridgehead atoms. The van der Waals surface area contributed by atoms with Gasteiger partial charge < -0.3 is 14.6 Å². The van der Waals surface area contributed by atoms with E-state index in [1.54, 1.807) is 17.6 Å². The number of aliphatic carboxylic acids is 1. The molecule has 1 fully saturated rings. The molecule has 0 spiro atoms. The second-order valence-corrected chi connectivity index (χ2v) is 8.52. The van der Waals surface area contributed by atoms with Crippen molar-refractivity contribution in [1.29, 1.82) is 0 Å². The third-order valence-corrected chi connectivity index (χ3v) is 6.73. The molecule has 1 unspecified atom stereocenters. The molecule has 2 aromatic rings. The Morgan fingerprint density at radius 2 is 1.66 bits per heavy atom. The van der Waals surface area contributed by atoms with Crippen LogP contribution in [-0.2, 0) is 25.3 Å². The second-order valence-electron chi connectivity index (χ2n) is 7.11. The Hall–Kier alpha value is -2.86. The van der Waals surface area contributed by atoms with Crippen molar-refractivity contribution in [3.63, 3.8) is 0 Å². The number of carbonyl (C=O) groups is 2. The Morgan fingerprint density at radius 3 is 2.19 bits per heavy atom. The predicted molar refractivity (Wildman–Crippen MR) is 111 cm³/mol. The topological polar surface area (TPSA) is 125 Å². The van der Waals surface area contributed by atoms with Crippen molar-refractivity contribution in [2.24, 2.45) is 0 Å². The van der Waals surface area contributed by atoms with E-state index in [0.29, 0.717) is 16.4 Å². The number of carboxylic acid groups (broad SMARTS) is 1. The van der Waals surface area contributed by atoms with E-state index in [2.05, 4.69) is 0 Å². The van der Waals surface area contributed by atoms with E-state index in [-0.39, 0.29) is 39.0 Å². The molecule has 0 saturated carbocycles. The first-order valence-electron chi connectivity index (χ1n) is 9.83. The monoisotopic (exact) mass is 466 g/mol. The highest BCUT2D eigenvalue weighted by Crippen LogP contribution is 2.33. The van der Waals surface area contributed by atoms with Crippen LogP contribution in [0.25, 0.3) is 0 Å². The molecule has 0 radical (unpaired) electrons. The standard InChI is InChI=1S/C21H23FN2O7S/c22-15-1-3-16(4-2-15)31-17-5-7-18(8-6-17)32(29)24(12-9-19(25)26)21(20(27)23-28)10-13-30-14-11-21/h1-8,28H,9-14H2,(H,23,27)(H,25,26). The van der Waals surface area contributed by atoms with Gasteiger partial charge in [-0.3, -0.25) is 14.8 Å². The van der Waals surface area contributed by atoms with Crippen LogP contribution < -0.4 is 10.2 Å². The largest absolute Gasteiger partial charge is 0.481 e. The zero-order valence-corrected chi connectivity index (χ0v) is 17.8. The first-order valence-corrected chi connectivity index (χ1v) is 10.9. The predicted octanol–water partition coefficient (Wildman–Crippen LogP) is 2.47. The molecule has 3 N–H and O–H groups in total. The lowest BCUT2D eigenvalue weighted by Crippen LogP contribution is -2.61. The number of rotatable bonds is 9. The van der Waals surface area contributed by atoms with Crippen molar-refractivity contribution in [3.05, 3.63) is 54.3 Å². The van der Waals surface area contributed by atoms with E-state index < -0.39 is 34.2 Å². The van der Waals surface area contributed by atoms with Gasteiger partial charge >= 0.3 is 5.97 Å². The lowest BCUT2D eigenvalue weighted by atomic mass is 9.89. The number of ether oxygens (including phenoxy) is 2. The number of benzene rings is 2. The maximum Gasteiger partial charge on any atom is 0.304 e. The molecule has 32 heavy (non-hydrogen) atoms. The van der Waals surface area contributed by atoms with E-state index in [1.165, 1.54) is 40.7 Å². The summed E-state index contributed by atoms with van der Waals surface area (Å²) in [5, 5.41) is 18.4. The summed E-state index contributed by atoms with van der Waals surface area (Å²) >= 11 is 0. The molecule has 1 amide bonds. The number of hydrogen-bond acceptors (Lipinski definition) is 6. The number of nitrogens with one attached hydrogen (secondary N) is 1. The maximum absolute atomic E-state index is 13.4. The van der Waals surface area contributed by atoms with Gasteiger partial charge in [0.25, 0.3) is 5.91 Å². The highest BCUT2D eigenvalue weighted by Gasteiger charge is 2.48. The number of carbonyl (C=O) groups excluding carboxylic acids is 1. The van der Waals surface area contributed by atoms with Gasteiger partial charge in [-0.1, -0.05) is 0 Å². The fourth-order valence-electron chi connectivity index (χ4n) is 3.45. The molecule has 3 rings (SSSR count). The van der Waals surface area contributed by atoms with E-state index in [4.69, 9.17) is 14.6 Å². The Balaban J connectivity index is 1.85. The summed E-state index contributed by atoms with van der Waals surface area (Å²) in [7, 11) is -1.92. The summed E-state index contributed by atoms with van der Waals surface area (Å²) in [4.78, 5) is 24.1. The smallest absolute Gasteiger partial charge is 0.304 e. The van der Waals surface area contributed by atoms with Crippen molar-refractivity contribution in [1.82, 2.24) is 9.79 Å². The van der Waals surface area contributed by atoms with Crippen LogP contribution in [0, 0.1) is 5.82 Å². The second kappa shape index (κ2) is 10.6. The number of carboxylic acids is 1. The van der Waals surface area contributed by atoms with Gasteiger partial charge in [-0.25, -0.2) is 18.4 Å². The van der Waals surface area contributed by atoms with Gasteiger partial charge in [0, 0.05) is 19.8 Å². The van der Waals surface area contributed by atoms with Crippen LogP contribution in [0.3, 0.4) is 0 Å². The maximum atomic E-state index is 13.4. The van der Waals surface area contributed by atoms with Gasteiger partial charge in [-0.2, -0.15) is 0 Å². The molecular formula is C21H23FN2O7S. The molecule has 1 heterocycles. The molecule has 1 saturated heterocycles. The average molecular weight is 466 g/mol. The molecule has 11 heteroatoms. The van der Waals surface area contributed by atoms with Gasteiger partial charge in [0.1, 0.15) is 33.8 Å². The SMILES string of the molecule is O=C(O)CCN(S(=O)c1ccc(Oc2ccc(F)cc2)cc1)C1(C(=O)NO)CCOCC1. The average Bonchev–Trinajstić information content (AvgIpc) is 2.81. The third-order valence-electron chi connectivity index (χ3n) is 5.13. The van der Waals surface area contributed by atoms with Crippen LogP contribution in [0.2, 0.25) is 0 Å². The van der Waals surface area contributed by atoms with Crippen molar-refractivity contribution >= 4 is 22.9 Å². The van der Waals surface area contributed by atoms with Crippen molar-refractivity contribution in [3.8, 4) is 11.5 Å². The van der Waals surface area contributed by atoms with Gasteiger partial charge in [-0.15, -0.1) is 0 Å². The minimum absolute atomic E-state index is 0.135. The number of hydrogen-bond donors (Lipinski definition) is 3. The van der Waals surface area contributed by atoms with Crippen LogP contribution >= 0.6 is 0 Å². The van der Waals surface area contributed by atoms with Crippen LogP contribution in [0.1, 0.15) is 19.3 Å². The summed E-state index contributed by atoms with van der Waals surface area (Å²) in [5.74, 6) is -1.43. The molecule has 0 aliphatic carbocycles. The van der Waals surface area contributed by atoms with Gasteiger partial charge in [0.2, 0.25) is 0 Å². The minimum Gasteiger partial charge on any atom is -0.481 e. The molecule has 2 aromatic carbocycles. The van der Waals surface area contributed by atoms with Gasteiger partial charge in [0.05, 0.1) is 11.3 Å². The first-order chi connectivity index (χ1) is 15.4. The number of halogens is 1. The Morgan fingerprint density at radius 1 is 1.09 bits per heavy atom. The van der Waals surface area contributed by atoms with Crippen molar-refractivity contribution in [2.75, 3.05) is 19.8 Å². The summed E-state index contributed by atoms with van der Waals surface area (Å²) in [5.41, 5.74) is 0.233. The van der Waals surface area contributed by atoms with Gasteiger partial charge in [0.15, 0.2) is 0 Å². The molecule has 0 aromatic heterocycles. The Kier molecular flexibility index (Phi) is 7.91. The lowest BCUT2D eigenvalue weighted by molar-refractivity contribution is -0.146. The van der Waals surface area contributed by atoms with E-state index >= 15 is 0 Å². The van der Waals surface area contributed by atoms with Crippen LogP contribution in [-0.4, -0.2) is 56.0 Å². The number of amides is 1. The molecule has 1 atom stereocenters. The highest BCUT2D eigenvalue weighted by atomic mass is 32.2. The minimum atomic E-state index is -1.92. The first kappa shape index (κ1) is 23.8. The van der Waals surface area contributed by atoms with Crippen molar-refractivity contribution in [2.45, 2.75) is 29.7 Å². The lowest BCUT2D eigenvalue weighted by Gasteiger charge is -2.42. The normalized spacial score (nSPS) is 16.3. The number of hydroxylamine groups is 1. The fraction of sp³-hybridized carbons (Fsp3) is 0.333. The Bertz CT molecular complexity index is 963. The summed E-state index contributed by atoms with van der Waals surface area (Å²) in [6.07, 6.45) is -0.0775. The molecule has 9 nitrogen and oxygen atoms in total. The summed E-state index contributed by atoms with van der Waals surface area (Å²) < 4.78 is 38.7. The zero-order valence-electron chi connectivity index (χ0n) is 17.0. The van der Waals surface area contributed by atoms with Gasteiger partial charge in [-0.05, 0) is 61.4 Å². The van der Waals surface area contributed by atoms with E-state index in [0.717, 1.165) is 0 Å². The summed E-state index contributed by atoms with van der Waals surface area (Å²) in [6, 6.07) is 11.7. The highest BCUT2D eigenvalue weighted by molar-refractivity contribution is 7.82. The van der Waals surface area contributed by atoms with Crippen molar-refractivity contribution < 1.29 is 38.0 Å². The molecule has 1 aliphatic heterocycles. The quantitative estimate of drug-likeness (QED) is 0.383. The van der Waals surface area contributed by atoms with Crippen LogP contribution in [0.15, 0.2) is 53.4 Å². The Labute approximate surface area is 186 Å².